The zero-order valence-corrected chi connectivity index (χ0v) is 9.11. The van der Waals surface area contributed by atoms with Gasteiger partial charge >= 0.3 is 0 Å². The van der Waals surface area contributed by atoms with Crippen molar-refractivity contribution in [3.05, 3.63) is 27.4 Å². The average Bonchev–Trinajstić information content (AvgIpc) is 2.60. The van der Waals surface area contributed by atoms with Gasteiger partial charge in [0.15, 0.2) is 11.0 Å². The molecule has 0 aromatic carbocycles. The molecule has 16 heavy (non-hydrogen) atoms. The summed E-state index contributed by atoms with van der Waals surface area (Å²) in [5.74, 6) is 0. The van der Waals surface area contributed by atoms with Gasteiger partial charge in [-0.15, -0.1) is 0 Å². The zero-order chi connectivity index (χ0) is 11.7. The smallest absolute Gasteiger partial charge is 0.251 e. The second-order valence-corrected chi connectivity index (χ2v) is 3.99. The number of aromatic nitrogens is 2. The van der Waals surface area contributed by atoms with Gasteiger partial charge < -0.3 is 9.84 Å². The number of nitrogens with one attached hydrogen (secondary N) is 1. The molecule has 1 aliphatic rings. The van der Waals surface area contributed by atoms with Crippen LogP contribution >= 0.6 is 12.2 Å². The van der Waals surface area contributed by atoms with Gasteiger partial charge in [-0.25, -0.2) is 4.39 Å². The van der Waals surface area contributed by atoms with E-state index in [4.69, 9.17) is 22.1 Å². The van der Waals surface area contributed by atoms with Gasteiger partial charge in [-0.1, -0.05) is 0 Å². The first-order valence-corrected chi connectivity index (χ1v) is 5.24. The third-order valence-corrected chi connectivity index (χ3v) is 2.77. The number of nitrogens with zero attached hydrogens (tertiary/aromatic N) is 1. The predicted molar refractivity (Wildman–Crippen MR) is 56.4 cm³/mol. The first kappa shape index (κ1) is 11.4. The van der Waals surface area contributed by atoms with Gasteiger partial charge in [0.05, 0.1) is 12.7 Å². The summed E-state index contributed by atoms with van der Waals surface area (Å²) in [6.07, 6.45) is -1.12. The molecule has 2 N–H and O–H groups in total. The van der Waals surface area contributed by atoms with Crippen molar-refractivity contribution in [3.8, 4) is 0 Å². The molecule has 1 aromatic heterocycles. The molecule has 0 aliphatic carbocycles. The summed E-state index contributed by atoms with van der Waals surface area (Å²) < 4.78 is 20.3. The van der Waals surface area contributed by atoms with E-state index in [0.717, 1.165) is 0 Å². The van der Waals surface area contributed by atoms with Gasteiger partial charge in [-0.2, -0.15) is 0 Å². The third-order valence-electron chi connectivity index (χ3n) is 2.46. The molecule has 0 unspecified atom stereocenters. The molecule has 0 radical (unpaired) electrons. The Hall–Kier alpha value is -1.05. The van der Waals surface area contributed by atoms with Crippen molar-refractivity contribution in [3.63, 3.8) is 0 Å². The van der Waals surface area contributed by atoms with Crippen LogP contribution in [0, 0.1) is 4.77 Å². The van der Waals surface area contributed by atoms with Gasteiger partial charge in [-0.3, -0.25) is 14.3 Å². The molecular weight excluding hydrogens is 235 g/mol. The fraction of sp³-hybridized carbons (Fsp3) is 0.556. The maximum Gasteiger partial charge on any atom is 0.251 e. The Morgan fingerprint density at radius 3 is 3.06 bits per heavy atom. The molecule has 1 aromatic rings. The Kier molecular flexibility index (Phi) is 3.17. The highest BCUT2D eigenvalue weighted by atomic mass is 32.1. The first-order chi connectivity index (χ1) is 7.61. The normalized spacial score (nSPS) is 29.5. The average molecular weight is 246 g/mol. The fourth-order valence-corrected chi connectivity index (χ4v) is 1.96. The molecule has 3 atom stereocenters. The maximum absolute atomic E-state index is 13.6. The molecule has 0 spiro atoms. The highest BCUT2D eigenvalue weighted by Gasteiger charge is 2.36. The van der Waals surface area contributed by atoms with Crippen LogP contribution in [0.25, 0.3) is 0 Å². The third kappa shape index (κ3) is 2.06. The van der Waals surface area contributed by atoms with E-state index < -0.39 is 18.5 Å². The molecule has 2 heterocycles. The molecule has 1 aliphatic heterocycles. The zero-order valence-electron chi connectivity index (χ0n) is 8.30. The van der Waals surface area contributed by atoms with Crippen molar-refractivity contribution in [2.24, 2.45) is 0 Å². The van der Waals surface area contributed by atoms with Crippen LogP contribution in [-0.2, 0) is 4.74 Å². The summed E-state index contributed by atoms with van der Waals surface area (Å²) in [6.45, 7) is -0.229. The van der Waals surface area contributed by atoms with Crippen LogP contribution in [0.5, 0.6) is 0 Å². The quantitative estimate of drug-likeness (QED) is 0.747. The van der Waals surface area contributed by atoms with E-state index in [1.54, 1.807) is 0 Å². The standard InChI is InChI=1S/C9H11FN2O3S/c10-6-3-5(4-13)15-8(6)12-2-1-7(14)11-9(12)16/h1-2,5-6,8,13H,3-4H2,(H,11,14,16)/t5-,6-,8+/m0/s1. The highest BCUT2D eigenvalue weighted by molar-refractivity contribution is 7.71. The minimum Gasteiger partial charge on any atom is -0.394 e. The molecule has 0 amide bonds. The van der Waals surface area contributed by atoms with Crippen molar-refractivity contribution in [2.45, 2.75) is 24.9 Å². The van der Waals surface area contributed by atoms with E-state index in [2.05, 4.69) is 4.98 Å². The van der Waals surface area contributed by atoms with Crippen molar-refractivity contribution in [1.82, 2.24) is 9.55 Å². The van der Waals surface area contributed by atoms with Crippen molar-refractivity contribution < 1.29 is 14.2 Å². The van der Waals surface area contributed by atoms with Gasteiger partial charge in [0, 0.05) is 18.7 Å². The number of aliphatic hydroxyl groups excluding tert-OH is 1. The number of halogens is 1. The SMILES string of the molecule is O=c1ccn([C@@H]2O[C@H](CO)C[C@@H]2F)c(=S)[nH]1. The lowest BCUT2D eigenvalue weighted by atomic mass is 10.2. The Balaban J connectivity index is 2.31. The van der Waals surface area contributed by atoms with Crippen LogP contribution in [0.1, 0.15) is 12.6 Å². The molecule has 2 rings (SSSR count). The van der Waals surface area contributed by atoms with Crippen LogP contribution in [-0.4, -0.2) is 33.5 Å². The molecule has 1 fully saturated rings. The summed E-state index contributed by atoms with van der Waals surface area (Å²) >= 11 is 4.90. The fourth-order valence-electron chi connectivity index (χ4n) is 1.69. The van der Waals surface area contributed by atoms with Crippen LogP contribution < -0.4 is 5.56 Å². The van der Waals surface area contributed by atoms with Crippen molar-refractivity contribution in [1.29, 1.82) is 0 Å². The monoisotopic (exact) mass is 246 g/mol. The Morgan fingerprint density at radius 1 is 1.75 bits per heavy atom. The topological polar surface area (TPSA) is 67.2 Å². The van der Waals surface area contributed by atoms with E-state index in [9.17, 15) is 9.18 Å². The molecule has 7 heteroatoms. The summed E-state index contributed by atoms with van der Waals surface area (Å²) in [7, 11) is 0. The summed E-state index contributed by atoms with van der Waals surface area (Å²) in [4.78, 5) is 13.3. The Bertz CT molecular complexity index is 486. The van der Waals surface area contributed by atoms with Crippen molar-refractivity contribution >= 4 is 12.2 Å². The minimum atomic E-state index is -1.24. The minimum absolute atomic E-state index is 0.110. The van der Waals surface area contributed by atoms with Crippen LogP contribution in [0.15, 0.2) is 17.1 Å². The van der Waals surface area contributed by atoms with Gasteiger partial charge in [0.1, 0.15) is 6.17 Å². The lowest BCUT2D eigenvalue weighted by molar-refractivity contribution is -0.0384. The lowest BCUT2D eigenvalue weighted by Crippen LogP contribution is -2.21. The summed E-state index contributed by atoms with van der Waals surface area (Å²) in [6, 6.07) is 1.25. The lowest BCUT2D eigenvalue weighted by Gasteiger charge is -2.16. The number of hydrogen-bond acceptors (Lipinski definition) is 4. The second-order valence-electron chi connectivity index (χ2n) is 3.60. The number of H-pyrrole nitrogens is 1. The summed E-state index contributed by atoms with van der Waals surface area (Å²) in [5.41, 5.74) is -0.339. The van der Waals surface area contributed by atoms with E-state index in [-0.39, 0.29) is 23.4 Å². The molecule has 0 saturated carbocycles. The molecule has 0 bridgehead atoms. The molecule has 1 saturated heterocycles. The van der Waals surface area contributed by atoms with E-state index in [1.165, 1.54) is 16.8 Å². The second kappa shape index (κ2) is 4.44. The number of alkyl halides is 1. The number of aromatic amines is 1. The molecular formula is C9H11FN2O3S. The van der Waals surface area contributed by atoms with Crippen molar-refractivity contribution in [2.75, 3.05) is 6.61 Å². The predicted octanol–water partition coefficient (Wildman–Crippen LogP) is 0.524. The van der Waals surface area contributed by atoms with Gasteiger partial charge in [0.25, 0.3) is 5.56 Å². The largest absolute Gasteiger partial charge is 0.394 e. The number of aliphatic hydroxyl groups is 1. The summed E-state index contributed by atoms with van der Waals surface area (Å²) in [5, 5.41) is 8.88. The van der Waals surface area contributed by atoms with E-state index in [1.807, 2.05) is 0 Å². The van der Waals surface area contributed by atoms with Gasteiger partial charge in [-0.05, 0) is 12.2 Å². The first-order valence-electron chi connectivity index (χ1n) is 4.83. The number of ether oxygens (including phenoxy) is 1. The number of hydrogen-bond donors (Lipinski definition) is 2. The highest BCUT2D eigenvalue weighted by Crippen LogP contribution is 2.30. The van der Waals surface area contributed by atoms with Gasteiger partial charge in [0.2, 0.25) is 0 Å². The Labute approximate surface area is 95.5 Å². The van der Waals surface area contributed by atoms with Crippen LogP contribution in [0.2, 0.25) is 0 Å². The van der Waals surface area contributed by atoms with Crippen LogP contribution in [0.4, 0.5) is 4.39 Å². The number of rotatable bonds is 2. The van der Waals surface area contributed by atoms with E-state index >= 15 is 0 Å². The van der Waals surface area contributed by atoms with Crippen LogP contribution in [0.3, 0.4) is 0 Å². The maximum atomic E-state index is 13.6. The molecule has 5 nitrogen and oxygen atoms in total. The van der Waals surface area contributed by atoms with E-state index in [0.29, 0.717) is 0 Å². The molecule has 88 valence electrons. The Morgan fingerprint density at radius 2 is 2.50 bits per heavy atom.